The number of fused-ring (bicyclic) bond motifs is 1. The van der Waals surface area contributed by atoms with Crippen LogP contribution >= 0.6 is 0 Å². The molecule has 34 heavy (non-hydrogen) atoms. The maximum atomic E-state index is 10.6. The van der Waals surface area contributed by atoms with Gasteiger partial charge in [-0.05, 0) is 30.5 Å². The summed E-state index contributed by atoms with van der Waals surface area (Å²) < 4.78 is 23.8. The van der Waals surface area contributed by atoms with Gasteiger partial charge < -0.3 is 18.9 Å². The Morgan fingerprint density at radius 3 is 2.24 bits per heavy atom. The standard InChI is InChI=1S/C26H28N4O4/c27-14-24(15-28)22(18-10-11-19-20(13-18)32-17-31-19)33-26-12-8-6-4-2-1-3-5-7-9-21(26)25(24,16-29)23(30)34-26/h10-11,13,21-22,30H,1-9,12,17H2. The predicted octanol–water partition coefficient (Wildman–Crippen LogP) is 5.26. The van der Waals surface area contributed by atoms with Crippen LogP contribution in [0, 0.1) is 56.2 Å². The molecule has 8 nitrogen and oxygen atoms in total. The van der Waals surface area contributed by atoms with Crippen molar-refractivity contribution in [1.82, 2.24) is 0 Å². The zero-order chi connectivity index (χ0) is 23.8. The van der Waals surface area contributed by atoms with Crippen molar-refractivity contribution in [2.75, 3.05) is 6.79 Å². The van der Waals surface area contributed by atoms with Crippen LogP contribution in [0.25, 0.3) is 0 Å². The van der Waals surface area contributed by atoms with Crippen LogP contribution < -0.4 is 9.47 Å². The maximum Gasteiger partial charge on any atom is 0.231 e. The second-order valence-corrected chi connectivity index (χ2v) is 9.72. The van der Waals surface area contributed by atoms with E-state index in [-0.39, 0.29) is 12.7 Å². The van der Waals surface area contributed by atoms with Crippen molar-refractivity contribution < 1.29 is 18.9 Å². The van der Waals surface area contributed by atoms with Crippen LogP contribution in [0.1, 0.15) is 75.9 Å². The van der Waals surface area contributed by atoms with Gasteiger partial charge in [0.15, 0.2) is 16.9 Å². The van der Waals surface area contributed by atoms with E-state index in [0.717, 1.165) is 38.5 Å². The van der Waals surface area contributed by atoms with E-state index in [1.54, 1.807) is 18.2 Å². The molecule has 5 rings (SSSR count). The summed E-state index contributed by atoms with van der Waals surface area (Å²) in [6.07, 6.45) is 8.27. The Balaban J connectivity index is 1.66. The van der Waals surface area contributed by atoms with E-state index in [1.165, 1.54) is 12.8 Å². The molecular formula is C26H28N4O4. The van der Waals surface area contributed by atoms with Crippen LogP contribution in [0.15, 0.2) is 18.2 Å². The van der Waals surface area contributed by atoms with Crippen LogP contribution in [-0.4, -0.2) is 18.5 Å². The third-order valence-corrected chi connectivity index (χ3v) is 8.02. The Morgan fingerprint density at radius 2 is 1.53 bits per heavy atom. The van der Waals surface area contributed by atoms with Gasteiger partial charge in [-0.1, -0.05) is 51.0 Å². The number of rotatable bonds is 1. The van der Waals surface area contributed by atoms with Crippen molar-refractivity contribution in [3.05, 3.63) is 23.8 Å². The van der Waals surface area contributed by atoms with Gasteiger partial charge in [-0.2, -0.15) is 15.8 Å². The van der Waals surface area contributed by atoms with Crippen molar-refractivity contribution in [1.29, 1.82) is 21.2 Å². The molecule has 8 heteroatoms. The van der Waals surface area contributed by atoms with Crippen molar-refractivity contribution in [2.45, 2.75) is 76.1 Å². The third kappa shape index (κ3) is 3.00. The second kappa shape index (κ2) is 8.49. The lowest BCUT2D eigenvalue weighted by Gasteiger charge is -2.50. The molecular weight excluding hydrogens is 432 g/mol. The lowest BCUT2D eigenvalue weighted by Crippen LogP contribution is -2.59. The lowest BCUT2D eigenvalue weighted by molar-refractivity contribution is -0.287. The van der Waals surface area contributed by atoms with Crippen molar-refractivity contribution in [3.8, 4) is 29.7 Å². The molecule has 1 aliphatic carbocycles. The number of nitriles is 3. The first-order valence-electron chi connectivity index (χ1n) is 12.2. The molecule has 176 valence electrons. The highest BCUT2D eigenvalue weighted by atomic mass is 16.7. The van der Waals surface area contributed by atoms with Crippen LogP contribution in [-0.2, 0) is 9.47 Å². The Morgan fingerprint density at radius 1 is 0.853 bits per heavy atom. The fraction of sp³-hybridized carbons (Fsp3) is 0.615. The summed E-state index contributed by atoms with van der Waals surface area (Å²) >= 11 is 0. The number of hydrogen-bond acceptors (Lipinski definition) is 8. The molecule has 0 amide bonds. The first kappa shape index (κ1) is 22.5. The number of ether oxygens (including phenoxy) is 4. The molecule has 0 radical (unpaired) electrons. The van der Waals surface area contributed by atoms with Crippen LogP contribution in [0.5, 0.6) is 11.5 Å². The molecule has 1 N–H and O–H groups in total. The summed E-state index contributed by atoms with van der Waals surface area (Å²) in [5.41, 5.74) is -3.14. The molecule has 2 bridgehead atoms. The largest absolute Gasteiger partial charge is 0.454 e. The monoisotopic (exact) mass is 460 g/mol. The molecule has 4 unspecified atom stereocenters. The second-order valence-electron chi connectivity index (χ2n) is 9.72. The van der Waals surface area contributed by atoms with Gasteiger partial charge in [0.2, 0.25) is 23.9 Å². The molecule has 1 saturated carbocycles. The molecule has 3 heterocycles. The number of nitrogens with zero attached hydrogens (tertiary/aromatic N) is 3. The molecule has 1 aromatic rings. The van der Waals surface area contributed by atoms with Gasteiger partial charge in [-0.3, -0.25) is 5.41 Å². The first-order chi connectivity index (χ1) is 16.6. The van der Waals surface area contributed by atoms with Gasteiger partial charge in [0.25, 0.3) is 0 Å². The van der Waals surface area contributed by atoms with Gasteiger partial charge >= 0.3 is 0 Å². The topological polar surface area (TPSA) is 132 Å². The highest BCUT2D eigenvalue weighted by Gasteiger charge is 2.79. The van der Waals surface area contributed by atoms with Crippen molar-refractivity contribution in [2.24, 2.45) is 16.7 Å². The van der Waals surface area contributed by atoms with E-state index in [9.17, 15) is 15.8 Å². The third-order valence-electron chi connectivity index (χ3n) is 8.02. The molecule has 3 aliphatic heterocycles. The molecule has 4 aliphatic rings. The predicted molar refractivity (Wildman–Crippen MR) is 119 cm³/mol. The summed E-state index contributed by atoms with van der Waals surface area (Å²) in [5.74, 6) is -1.03. The molecule has 3 fully saturated rings. The van der Waals surface area contributed by atoms with Crippen LogP contribution in [0.3, 0.4) is 0 Å². The SMILES string of the molecule is N#CC1(C#N)C(c2ccc3c(c2)OCO3)OC23CCCCCCCCCCC2C1(C#N)C(=N)O3. The lowest BCUT2D eigenvalue weighted by atomic mass is 9.52. The fourth-order valence-electron chi connectivity index (χ4n) is 6.30. The normalized spacial score (nSPS) is 34.2. The minimum Gasteiger partial charge on any atom is -0.454 e. The van der Waals surface area contributed by atoms with E-state index >= 15 is 0 Å². The average Bonchev–Trinajstić information content (AvgIpc) is 3.38. The highest BCUT2D eigenvalue weighted by Crippen LogP contribution is 2.68. The van der Waals surface area contributed by atoms with Gasteiger partial charge in [0.1, 0.15) is 6.10 Å². The molecule has 4 atom stereocenters. The van der Waals surface area contributed by atoms with Gasteiger partial charge in [0.05, 0.1) is 24.1 Å². The minimum atomic E-state index is -1.95. The summed E-state index contributed by atoms with van der Waals surface area (Å²) in [6, 6.07) is 11.7. The van der Waals surface area contributed by atoms with Crippen LogP contribution in [0.2, 0.25) is 0 Å². The summed E-state index contributed by atoms with van der Waals surface area (Å²) in [6.45, 7) is 0.0911. The maximum absolute atomic E-state index is 10.6. The van der Waals surface area contributed by atoms with Gasteiger partial charge in [-0.25, -0.2) is 0 Å². The van der Waals surface area contributed by atoms with Crippen molar-refractivity contribution in [3.63, 3.8) is 0 Å². The molecule has 2 saturated heterocycles. The zero-order valence-electron chi connectivity index (χ0n) is 19.1. The number of nitrogens with one attached hydrogen (secondary N) is 1. The molecule has 1 aromatic carbocycles. The zero-order valence-corrected chi connectivity index (χ0v) is 19.1. The van der Waals surface area contributed by atoms with E-state index in [4.69, 9.17) is 24.4 Å². The Labute approximate surface area is 199 Å². The molecule has 0 spiro atoms. The Kier molecular flexibility index (Phi) is 5.62. The highest BCUT2D eigenvalue weighted by molar-refractivity contribution is 5.89. The van der Waals surface area contributed by atoms with E-state index in [2.05, 4.69) is 18.2 Å². The minimum absolute atomic E-state index is 0.0911. The number of hydrogen-bond donors (Lipinski definition) is 1. The average molecular weight is 461 g/mol. The van der Waals surface area contributed by atoms with E-state index in [0.29, 0.717) is 29.9 Å². The quantitative estimate of drug-likeness (QED) is 0.604. The van der Waals surface area contributed by atoms with Crippen molar-refractivity contribution >= 4 is 5.90 Å². The Hall–Kier alpha value is -3.28. The smallest absolute Gasteiger partial charge is 0.231 e. The van der Waals surface area contributed by atoms with E-state index < -0.39 is 28.6 Å². The summed E-state index contributed by atoms with van der Waals surface area (Å²) in [4.78, 5) is 0. The number of benzene rings is 1. The molecule has 0 aromatic heterocycles. The van der Waals surface area contributed by atoms with Crippen LogP contribution in [0.4, 0.5) is 0 Å². The van der Waals surface area contributed by atoms with E-state index in [1.807, 2.05) is 0 Å². The fourth-order valence-corrected chi connectivity index (χ4v) is 6.30. The van der Waals surface area contributed by atoms with Gasteiger partial charge in [0, 0.05) is 6.42 Å². The first-order valence-corrected chi connectivity index (χ1v) is 12.2. The summed E-state index contributed by atoms with van der Waals surface area (Å²) in [5, 5.41) is 40.4. The summed E-state index contributed by atoms with van der Waals surface area (Å²) in [7, 11) is 0. The van der Waals surface area contributed by atoms with Gasteiger partial charge in [-0.15, -0.1) is 0 Å². The Bertz CT molecular complexity index is 1100.